The minimum absolute atomic E-state index is 0.00291. The average Bonchev–Trinajstić information content (AvgIpc) is 3.44. The molecule has 2 aliphatic rings. The SMILES string of the molecule is CC[C@@H](C)C(=O)N1CCC([C@@]2(c3ccccn3)NC(=O)N(CCc3cccs3)C2=O)CC1. The summed E-state index contributed by atoms with van der Waals surface area (Å²) in [5.74, 6) is -0.194. The van der Waals surface area contributed by atoms with E-state index in [1.165, 1.54) is 4.90 Å². The van der Waals surface area contributed by atoms with Gasteiger partial charge in [0.05, 0.1) is 5.69 Å². The summed E-state index contributed by atoms with van der Waals surface area (Å²) >= 11 is 1.62. The number of rotatable bonds is 7. The summed E-state index contributed by atoms with van der Waals surface area (Å²) < 4.78 is 0. The van der Waals surface area contributed by atoms with Gasteiger partial charge in [-0.3, -0.25) is 19.5 Å². The molecule has 0 unspecified atom stereocenters. The number of hydrogen-bond acceptors (Lipinski definition) is 5. The quantitative estimate of drug-likeness (QED) is 0.650. The van der Waals surface area contributed by atoms with Crippen molar-refractivity contribution in [3.63, 3.8) is 0 Å². The number of pyridine rings is 1. The van der Waals surface area contributed by atoms with Crippen LogP contribution in [0.25, 0.3) is 0 Å². The van der Waals surface area contributed by atoms with Crippen molar-refractivity contribution in [2.24, 2.45) is 11.8 Å². The number of carbonyl (C=O) groups excluding carboxylic acids is 3. The minimum Gasteiger partial charge on any atom is -0.342 e. The normalized spacial score (nSPS) is 22.8. The number of aromatic nitrogens is 1. The predicted molar refractivity (Wildman–Crippen MR) is 123 cm³/mol. The molecule has 2 aliphatic heterocycles. The van der Waals surface area contributed by atoms with E-state index in [2.05, 4.69) is 10.3 Å². The molecule has 0 aromatic carbocycles. The number of hydrogen-bond donors (Lipinski definition) is 1. The first kappa shape index (κ1) is 22.5. The van der Waals surface area contributed by atoms with Gasteiger partial charge in [0.1, 0.15) is 0 Å². The number of urea groups is 1. The van der Waals surface area contributed by atoms with Gasteiger partial charge in [0.15, 0.2) is 5.54 Å². The molecule has 0 radical (unpaired) electrons. The van der Waals surface area contributed by atoms with E-state index < -0.39 is 5.54 Å². The van der Waals surface area contributed by atoms with Gasteiger partial charge >= 0.3 is 6.03 Å². The van der Waals surface area contributed by atoms with Gasteiger partial charge < -0.3 is 10.2 Å². The molecule has 2 aromatic rings. The molecular formula is C24H30N4O3S. The smallest absolute Gasteiger partial charge is 0.325 e. The zero-order valence-electron chi connectivity index (χ0n) is 18.6. The monoisotopic (exact) mass is 454 g/mol. The lowest BCUT2D eigenvalue weighted by Gasteiger charge is -2.41. The van der Waals surface area contributed by atoms with E-state index in [1.807, 2.05) is 48.4 Å². The number of carbonyl (C=O) groups is 3. The van der Waals surface area contributed by atoms with Crippen molar-refractivity contribution in [3.8, 4) is 0 Å². The van der Waals surface area contributed by atoms with Crippen molar-refractivity contribution in [2.75, 3.05) is 19.6 Å². The summed E-state index contributed by atoms with van der Waals surface area (Å²) in [5.41, 5.74) is -0.608. The molecule has 170 valence electrons. The number of likely N-dealkylation sites (tertiary alicyclic amines) is 1. The van der Waals surface area contributed by atoms with Gasteiger partial charge in [-0.1, -0.05) is 26.0 Å². The molecule has 4 amide bonds. The molecule has 2 atom stereocenters. The molecule has 8 heteroatoms. The number of imide groups is 1. The highest BCUT2D eigenvalue weighted by molar-refractivity contribution is 7.09. The molecule has 0 saturated carbocycles. The fourth-order valence-corrected chi connectivity index (χ4v) is 5.45. The summed E-state index contributed by atoms with van der Waals surface area (Å²) in [5, 5.41) is 5.03. The Morgan fingerprint density at radius 2 is 2.03 bits per heavy atom. The maximum Gasteiger partial charge on any atom is 0.325 e. The van der Waals surface area contributed by atoms with Gasteiger partial charge in [0.2, 0.25) is 5.91 Å². The molecule has 4 heterocycles. The summed E-state index contributed by atoms with van der Waals surface area (Å²) in [7, 11) is 0. The van der Waals surface area contributed by atoms with Crippen molar-refractivity contribution in [2.45, 2.75) is 45.1 Å². The number of nitrogens with one attached hydrogen (secondary N) is 1. The van der Waals surface area contributed by atoms with E-state index in [1.54, 1.807) is 23.6 Å². The maximum atomic E-state index is 13.8. The maximum absolute atomic E-state index is 13.8. The molecular weight excluding hydrogens is 424 g/mol. The topological polar surface area (TPSA) is 82.6 Å². The molecule has 2 saturated heterocycles. The highest BCUT2D eigenvalue weighted by atomic mass is 32.1. The van der Waals surface area contributed by atoms with E-state index in [0.717, 1.165) is 11.3 Å². The van der Waals surface area contributed by atoms with E-state index in [0.29, 0.717) is 44.6 Å². The first-order valence-corrected chi connectivity index (χ1v) is 12.2. The number of amides is 4. The van der Waals surface area contributed by atoms with Crippen molar-refractivity contribution < 1.29 is 14.4 Å². The molecule has 2 fully saturated rings. The molecule has 7 nitrogen and oxygen atoms in total. The van der Waals surface area contributed by atoms with Crippen LogP contribution in [-0.2, 0) is 21.5 Å². The third-order valence-corrected chi connectivity index (χ3v) is 7.75. The molecule has 0 aliphatic carbocycles. The van der Waals surface area contributed by atoms with Crippen LogP contribution in [0.1, 0.15) is 43.7 Å². The highest BCUT2D eigenvalue weighted by Crippen LogP contribution is 2.41. The van der Waals surface area contributed by atoms with Crippen molar-refractivity contribution >= 4 is 29.2 Å². The predicted octanol–water partition coefficient (Wildman–Crippen LogP) is 3.42. The fraction of sp³-hybridized carbons (Fsp3) is 0.500. The van der Waals surface area contributed by atoms with E-state index in [4.69, 9.17) is 0 Å². The lowest BCUT2D eigenvalue weighted by atomic mass is 9.75. The highest BCUT2D eigenvalue weighted by Gasteiger charge is 2.58. The summed E-state index contributed by atoms with van der Waals surface area (Å²) in [4.78, 5) is 48.3. The van der Waals surface area contributed by atoms with Gasteiger partial charge in [0, 0.05) is 42.5 Å². The van der Waals surface area contributed by atoms with Crippen LogP contribution in [0, 0.1) is 11.8 Å². The first-order valence-electron chi connectivity index (χ1n) is 11.3. The molecule has 32 heavy (non-hydrogen) atoms. The van der Waals surface area contributed by atoms with E-state index in [-0.39, 0.29) is 29.7 Å². The van der Waals surface area contributed by atoms with Crippen LogP contribution in [0.5, 0.6) is 0 Å². The van der Waals surface area contributed by atoms with E-state index in [9.17, 15) is 14.4 Å². The number of piperidine rings is 1. The Morgan fingerprint density at radius 1 is 1.25 bits per heavy atom. The Balaban J connectivity index is 1.57. The van der Waals surface area contributed by atoms with Crippen LogP contribution >= 0.6 is 11.3 Å². The van der Waals surface area contributed by atoms with Crippen LogP contribution in [-0.4, -0.2) is 52.3 Å². The van der Waals surface area contributed by atoms with Crippen LogP contribution < -0.4 is 5.32 Å². The van der Waals surface area contributed by atoms with Crippen molar-refractivity contribution in [1.29, 1.82) is 0 Å². The molecule has 4 rings (SSSR count). The molecule has 0 spiro atoms. The van der Waals surface area contributed by atoms with Crippen molar-refractivity contribution in [3.05, 3.63) is 52.5 Å². The Kier molecular flexibility index (Phi) is 6.60. The van der Waals surface area contributed by atoms with Gasteiger partial charge in [-0.15, -0.1) is 11.3 Å². The zero-order chi connectivity index (χ0) is 22.7. The molecule has 0 bridgehead atoms. The van der Waals surface area contributed by atoms with E-state index >= 15 is 0 Å². The van der Waals surface area contributed by atoms with Gasteiger partial charge in [0.25, 0.3) is 5.91 Å². The second-order valence-corrected chi connectivity index (χ2v) is 9.68. The van der Waals surface area contributed by atoms with Gasteiger partial charge in [-0.05, 0) is 49.3 Å². The zero-order valence-corrected chi connectivity index (χ0v) is 19.4. The number of thiophene rings is 1. The Labute approximate surface area is 192 Å². The van der Waals surface area contributed by atoms with Crippen LogP contribution in [0.4, 0.5) is 4.79 Å². The largest absolute Gasteiger partial charge is 0.342 e. The first-order chi connectivity index (χ1) is 15.5. The van der Waals surface area contributed by atoms with Crippen molar-refractivity contribution in [1.82, 2.24) is 20.1 Å². The second kappa shape index (κ2) is 9.40. The minimum atomic E-state index is -1.18. The van der Waals surface area contributed by atoms with Gasteiger partial charge in [-0.2, -0.15) is 0 Å². The Bertz CT molecular complexity index is 957. The van der Waals surface area contributed by atoms with Crippen LogP contribution in [0.2, 0.25) is 0 Å². The molecule has 2 aromatic heterocycles. The summed E-state index contributed by atoms with van der Waals surface area (Å²) in [6, 6.07) is 9.09. The fourth-order valence-electron chi connectivity index (χ4n) is 4.75. The third kappa shape index (κ3) is 4.03. The number of nitrogens with zero attached hydrogens (tertiary/aromatic N) is 3. The summed E-state index contributed by atoms with van der Waals surface area (Å²) in [6.45, 7) is 5.48. The standard InChI is InChI=1S/C24H30N4O3S/c1-3-17(2)21(29)27-13-9-18(10-14-27)24(20-8-4-5-12-25-20)22(30)28(23(31)26-24)15-11-19-7-6-16-32-19/h4-8,12,16-18H,3,9-11,13-15H2,1-2H3,(H,26,31)/t17-,24+/m1/s1. The Morgan fingerprint density at radius 3 is 2.66 bits per heavy atom. The average molecular weight is 455 g/mol. The van der Waals surface area contributed by atoms with Crippen LogP contribution in [0.15, 0.2) is 41.9 Å². The van der Waals surface area contributed by atoms with Crippen LogP contribution in [0.3, 0.4) is 0 Å². The second-order valence-electron chi connectivity index (χ2n) is 8.65. The third-order valence-electron chi connectivity index (χ3n) is 6.82. The van der Waals surface area contributed by atoms with Gasteiger partial charge in [-0.25, -0.2) is 4.79 Å². The summed E-state index contributed by atoms with van der Waals surface area (Å²) in [6.07, 6.45) is 4.39. The molecule has 1 N–H and O–H groups in total. The lowest BCUT2D eigenvalue weighted by molar-refractivity contribution is -0.138. The lowest BCUT2D eigenvalue weighted by Crippen LogP contribution is -2.55. The Hall–Kier alpha value is -2.74.